The predicted molar refractivity (Wildman–Crippen MR) is 121 cm³/mol. The van der Waals surface area contributed by atoms with Gasteiger partial charge in [0.05, 0.1) is 11.5 Å². The van der Waals surface area contributed by atoms with E-state index >= 15 is 0 Å². The van der Waals surface area contributed by atoms with Gasteiger partial charge in [-0.2, -0.15) is 13.5 Å². The van der Waals surface area contributed by atoms with Gasteiger partial charge in [0.25, 0.3) is 15.8 Å². The van der Waals surface area contributed by atoms with Crippen molar-refractivity contribution in [3.05, 3.63) is 63.7 Å². The van der Waals surface area contributed by atoms with Crippen molar-refractivity contribution in [2.75, 3.05) is 25.6 Å². The van der Waals surface area contributed by atoms with Gasteiger partial charge in [0.2, 0.25) is 5.78 Å². The second-order valence-corrected chi connectivity index (χ2v) is 7.65. The van der Waals surface area contributed by atoms with E-state index in [4.69, 9.17) is 9.66 Å². The van der Waals surface area contributed by atoms with Crippen LogP contribution in [0.3, 0.4) is 0 Å². The van der Waals surface area contributed by atoms with Crippen LogP contribution in [0.5, 0.6) is 5.75 Å². The van der Waals surface area contributed by atoms with Gasteiger partial charge in [-0.3, -0.25) is 24.9 Å². The first-order valence-corrected chi connectivity index (χ1v) is 10.4. The van der Waals surface area contributed by atoms with Gasteiger partial charge in [0.15, 0.2) is 5.75 Å². The van der Waals surface area contributed by atoms with Crippen LogP contribution in [0.2, 0.25) is 0 Å². The maximum Gasteiger partial charge on any atom is 1.00 e. The van der Waals surface area contributed by atoms with Gasteiger partial charge in [-0.05, 0) is 18.7 Å². The predicted octanol–water partition coefficient (Wildman–Crippen LogP) is 0.443. The Kier molecular flexibility index (Phi) is 12.3. The molecule has 0 bridgehead atoms. The van der Waals surface area contributed by atoms with Gasteiger partial charge in [-0.15, -0.1) is 0 Å². The molecule has 0 fully saturated rings. The number of allylic oxidation sites excluding steroid dienone is 1. The normalized spacial score (nSPS) is 13.0. The van der Waals surface area contributed by atoms with Crippen molar-refractivity contribution < 1.29 is 57.2 Å². The zero-order valence-corrected chi connectivity index (χ0v) is 19.7. The number of carbonyl (C=O) groups is 1. The summed E-state index contributed by atoms with van der Waals surface area (Å²) in [4.78, 5) is 21.1. The number of hydrazone groups is 1. The SMILES string of the molecule is CNCCO.O.O=C1C=Cc2ccccc2/C1=N/Nc1cc([N+](=O)[O-])cc(S(=O)(=O)O)c1O.[Cr].[H+]. The molecule has 184 valence electrons. The monoisotopic (exact) mass is 535 g/mol. The van der Waals surface area contributed by atoms with Crippen molar-refractivity contribution in [3.63, 3.8) is 0 Å². The molecule has 0 saturated carbocycles. The van der Waals surface area contributed by atoms with E-state index < -0.39 is 42.8 Å². The van der Waals surface area contributed by atoms with E-state index in [1.807, 2.05) is 0 Å². The van der Waals surface area contributed by atoms with E-state index in [0.29, 0.717) is 23.7 Å². The minimum absolute atomic E-state index is 0. The molecule has 13 nitrogen and oxygen atoms in total. The molecule has 0 heterocycles. The van der Waals surface area contributed by atoms with E-state index in [9.17, 15) is 28.4 Å². The minimum Gasteiger partial charge on any atom is -0.504 e. The molecule has 0 unspecified atom stereocenters. The number of aliphatic hydroxyl groups is 1. The van der Waals surface area contributed by atoms with Crippen molar-refractivity contribution in [2.45, 2.75) is 4.90 Å². The molecule has 0 aromatic heterocycles. The molecule has 7 N–H and O–H groups in total. The Morgan fingerprint density at radius 2 is 1.85 bits per heavy atom. The maximum absolute atomic E-state index is 12.1. The number of hydrogen-bond acceptors (Lipinski definition) is 10. The number of phenols is 1. The second-order valence-electron chi connectivity index (χ2n) is 6.26. The molecule has 0 amide bonds. The summed E-state index contributed by atoms with van der Waals surface area (Å²) in [6.45, 7) is 0.927. The first-order chi connectivity index (χ1) is 15.1. The Morgan fingerprint density at radius 3 is 2.38 bits per heavy atom. The van der Waals surface area contributed by atoms with E-state index in [1.165, 1.54) is 6.08 Å². The molecular formula is C19H23CrN4O9S+. The third-order valence-electron chi connectivity index (χ3n) is 4.06. The number of carbonyl (C=O) groups excluding carboxylic acids is 1. The summed E-state index contributed by atoms with van der Waals surface area (Å²) < 4.78 is 31.8. The number of nitro benzene ring substituents is 1. The zero-order valence-electron chi connectivity index (χ0n) is 18.6. The van der Waals surface area contributed by atoms with Crippen molar-refractivity contribution in [1.29, 1.82) is 0 Å². The van der Waals surface area contributed by atoms with E-state index in [1.54, 1.807) is 37.4 Å². The van der Waals surface area contributed by atoms with Gasteiger partial charge in [-0.25, -0.2) is 0 Å². The third kappa shape index (κ3) is 7.71. The van der Waals surface area contributed by atoms with Crippen molar-refractivity contribution in [1.82, 2.24) is 5.32 Å². The summed E-state index contributed by atoms with van der Waals surface area (Å²) >= 11 is 0. The van der Waals surface area contributed by atoms with E-state index in [-0.39, 0.29) is 36.6 Å². The summed E-state index contributed by atoms with van der Waals surface area (Å²) in [5.41, 5.74) is 2.24. The van der Waals surface area contributed by atoms with Crippen LogP contribution in [0.25, 0.3) is 6.08 Å². The smallest absolute Gasteiger partial charge is 0.504 e. The number of aliphatic hydroxyl groups excluding tert-OH is 1. The number of non-ortho nitro benzene ring substituents is 1. The number of likely N-dealkylation sites (N-methyl/N-ethyl adjacent to an activating group) is 1. The van der Waals surface area contributed by atoms with Gasteiger partial charge < -0.3 is 21.0 Å². The molecule has 2 aromatic rings. The minimum atomic E-state index is -4.94. The van der Waals surface area contributed by atoms with Gasteiger partial charge in [0, 0.05) is 41.6 Å². The fourth-order valence-electron chi connectivity index (χ4n) is 2.56. The number of nitro groups is 1. The first kappa shape index (κ1) is 30.8. The third-order valence-corrected chi connectivity index (χ3v) is 4.93. The number of phenolic OH excluding ortho intramolecular Hbond substituents is 1. The fraction of sp³-hybridized carbons (Fsp3) is 0.158. The molecule has 0 atom stereocenters. The van der Waals surface area contributed by atoms with E-state index in [0.717, 1.165) is 6.07 Å². The topological polar surface area (TPSA) is 223 Å². The Labute approximate surface area is 206 Å². The summed E-state index contributed by atoms with van der Waals surface area (Å²) in [6.07, 6.45) is 2.87. The van der Waals surface area contributed by atoms with Crippen LogP contribution in [0.15, 0.2) is 52.5 Å². The number of nitrogens with zero attached hydrogens (tertiary/aromatic N) is 2. The number of nitrogens with one attached hydrogen (secondary N) is 2. The molecule has 15 heteroatoms. The number of aromatic hydroxyl groups is 1. The Morgan fingerprint density at radius 1 is 1.21 bits per heavy atom. The summed E-state index contributed by atoms with van der Waals surface area (Å²) in [7, 11) is -3.13. The van der Waals surface area contributed by atoms with Crippen molar-refractivity contribution in [3.8, 4) is 5.75 Å². The molecule has 0 aliphatic heterocycles. The molecule has 1 aliphatic rings. The van der Waals surface area contributed by atoms with Crippen LogP contribution in [-0.4, -0.2) is 65.3 Å². The Bertz CT molecular complexity index is 1200. The Hall–Kier alpha value is -3.16. The molecule has 3 rings (SSSR count). The summed E-state index contributed by atoms with van der Waals surface area (Å²) in [5.74, 6) is -1.43. The zero-order chi connectivity index (χ0) is 23.9. The number of hydrogen-bond donors (Lipinski definition) is 5. The van der Waals surface area contributed by atoms with Crippen LogP contribution in [0, 0.1) is 10.1 Å². The fourth-order valence-corrected chi connectivity index (χ4v) is 3.18. The van der Waals surface area contributed by atoms with Crippen LogP contribution in [0.1, 0.15) is 12.6 Å². The molecule has 1 aliphatic carbocycles. The molecular weight excluding hydrogens is 512 g/mol. The largest absolute Gasteiger partial charge is 1.00 e. The number of rotatable bonds is 6. The number of benzene rings is 2. The van der Waals surface area contributed by atoms with E-state index in [2.05, 4.69) is 15.8 Å². The van der Waals surface area contributed by atoms with Crippen molar-refractivity contribution in [2.24, 2.45) is 5.10 Å². The standard InChI is InChI=1S/C16H11N3O7S.C3H9NO.Cr.H2O/c20-13-6-5-9-3-1-2-4-11(9)15(13)18-17-12-7-10(19(22)23)8-14(16(12)21)27(24,25)26;1-4-2-3-5;;/h1-8,17,21H,(H,24,25,26);4-5H,2-3H2,1H3;;1H2/p+1/b18-15-;;;. The molecule has 2 aromatic carbocycles. The number of anilines is 1. The molecule has 0 radical (unpaired) electrons. The summed E-state index contributed by atoms with van der Waals surface area (Å²) in [6, 6.07) is 8.15. The molecule has 0 saturated heterocycles. The van der Waals surface area contributed by atoms with Crippen LogP contribution < -0.4 is 10.7 Å². The molecule has 0 spiro atoms. The maximum atomic E-state index is 12.1. The van der Waals surface area contributed by atoms with Crippen molar-refractivity contribution >= 4 is 39.1 Å². The van der Waals surface area contributed by atoms with Crippen LogP contribution >= 0.6 is 0 Å². The van der Waals surface area contributed by atoms with Crippen LogP contribution in [0.4, 0.5) is 11.4 Å². The van der Waals surface area contributed by atoms with Gasteiger partial charge in [0.1, 0.15) is 16.3 Å². The number of ketones is 1. The first-order valence-electron chi connectivity index (χ1n) is 9.00. The van der Waals surface area contributed by atoms with Gasteiger partial charge >= 0.3 is 1.43 Å². The summed E-state index contributed by atoms with van der Waals surface area (Å²) in [5, 5.41) is 35.7. The average Bonchev–Trinajstić information content (AvgIpc) is 2.74. The second kappa shape index (κ2) is 13.5. The Balaban J connectivity index is 0. The van der Waals surface area contributed by atoms with Gasteiger partial charge in [-0.1, -0.05) is 30.3 Å². The number of fused-ring (bicyclic) bond motifs is 1. The van der Waals surface area contributed by atoms with Crippen LogP contribution in [-0.2, 0) is 32.3 Å². The molecule has 34 heavy (non-hydrogen) atoms. The quantitative estimate of drug-likeness (QED) is 0.148. The average molecular weight is 535 g/mol.